The van der Waals surface area contributed by atoms with Crippen molar-refractivity contribution in [3.63, 3.8) is 0 Å². The summed E-state index contributed by atoms with van der Waals surface area (Å²) in [5.41, 5.74) is 5.94. The minimum absolute atomic E-state index is 0.949. The average molecular weight is 609 g/mol. The number of hydrogen-bond donors (Lipinski definition) is 0. The van der Waals surface area contributed by atoms with Crippen LogP contribution in [0.5, 0.6) is 0 Å². The van der Waals surface area contributed by atoms with Crippen LogP contribution in [0.2, 0.25) is 0 Å². The number of rotatable bonds is 3. The van der Waals surface area contributed by atoms with Crippen LogP contribution >= 0.6 is 11.3 Å². The maximum atomic E-state index is 5.06. The predicted molar refractivity (Wildman–Crippen MR) is 201 cm³/mol. The molecule has 0 saturated heterocycles. The van der Waals surface area contributed by atoms with Crippen LogP contribution in [-0.4, -0.2) is 9.55 Å². The number of fused-ring (bicyclic) bond motifs is 8. The molecule has 0 N–H and O–H groups in total. The van der Waals surface area contributed by atoms with Gasteiger partial charge in [-0.05, 0) is 41.5 Å². The molecule has 6 aromatic carbocycles. The van der Waals surface area contributed by atoms with Crippen molar-refractivity contribution in [2.75, 3.05) is 0 Å². The molecule has 3 aromatic heterocycles. The third-order valence-electron chi connectivity index (χ3n) is 8.03. The van der Waals surface area contributed by atoms with Crippen LogP contribution < -0.4 is 0 Å². The molecule has 9 aromatic rings. The van der Waals surface area contributed by atoms with E-state index in [9.17, 15) is 0 Å². The fourth-order valence-electron chi connectivity index (χ4n) is 5.96. The lowest BCUT2D eigenvalue weighted by atomic mass is 10.0. The maximum Gasteiger partial charge on any atom is 0.138 e. The van der Waals surface area contributed by atoms with Crippen molar-refractivity contribution >= 4 is 64.2 Å². The molecule has 0 amide bonds. The fourth-order valence-corrected chi connectivity index (χ4v) is 7.36. The first-order valence-corrected chi connectivity index (χ1v) is 16.1. The first-order valence-electron chi connectivity index (χ1n) is 15.3. The van der Waals surface area contributed by atoms with E-state index in [0.29, 0.717) is 0 Å². The van der Waals surface area contributed by atoms with E-state index in [2.05, 4.69) is 139 Å². The summed E-state index contributed by atoms with van der Waals surface area (Å²) in [6.07, 6.45) is 3.28. The van der Waals surface area contributed by atoms with Crippen molar-refractivity contribution in [3.05, 3.63) is 183 Å². The number of para-hydroxylation sites is 2. The van der Waals surface area contributed by atoms with Gasteiger partial charge in [-0.25, -0.2) is 4.98 Å². The Morgan fingerprint density at radius 3 is 1.89 bits per heavy atom. The second-order valence-corrected chi connectivity index (χ2v) is 11.8. The second-order valence-electron chi connectivity index (χ2n) is 10.8. The van der Waals surface area contributed by atoms with Crippen molar-refractivity contribution in [1.82, 2.24) is 9.55 Å². The van der Waals surface area contributed by atoms with E-state index in [1.165, 1.54) is 53.1 Å². The molecule has 0 fully saturated rings. The number of allylic oxidation sites excluding steroid dienone is 2. The molecule has 2 nitrogen and oxygen atoms in total. The first kappa shape index (κ1) is 29.0. The summed E-state index contributed by atoms with van der Waals surface area (Å²) in [4.78, 5) is 5.06. The number of benzene rings is 6. The van der Waals surface area contributed by atoms with Crippen LogP contribution in [0.1, 0.15) is 0 Å². The van der Waals surface area contributed by atoms with Crippen LogP contribution in [0.15, 0.2) is 183 Å². The van der Waals surface area contributed by atoms with Gasteiger partial charge in [0.2, 0.25) is 0 Å². The van der Waals surface area contributed by atoms with Crippen molar-refractivity contribution in [2.45, 2.75) is 0 Å². The molecule has 46 heavy (non-hydrogen) atoms. The topological polar surface area (TPSA) is 17.8 Å². The lowest BCUT2D eigenvalue weighted by molar-refractivity contribution is 1.10. The smallest absolute Gasteiger partial charge is 0.138 e. The zero-order valence-corrected chi connectivity index (χ0v) is 26.2. The molecule has 3 heterocycles. The van der Waals surface area contributed by atoms with Crippen LogP contribution in [0.25, 0.3) is 69.8 Å². The highest BCUT2D eigenvalue weighted by Gasteiger charge is 2.19. The van der Waals surface area contributed by atoms with Gasteiger partial charge < -0.3 is 0 Å². The van der Waals surface area contributed by atoms with Gasteiger partial charge in [-0.3, -0.25) is 4.57 Å². The number of thiophene rings is 1. The van der Waals surface area contributed by atoms with E-state index >= 15 is 0 Å². The lowest BCUT2D eigenvalue weighted by Gasteiger charge is -2.08. The predicted octanol–water partition coefficient (Wildman–Crippen LogP) is 12.4. The number of aromatic nitrogens is 2. The molecule has 0 atom stereocenters. The molecule has 0 radical (unpaired) electrons. The van der Waals surface area contributed by atoms with Gasteiger partial charge in [0.1, 0.15) is 5.82 Å². The zero-order chi connectivity index (χ0) is 31.3. The summed E-state index contributed by atoms with van der Waals surface area (Å²) in [7, 11) is 0. The number of hydrogen-bond acceptors (Lipinski definition) is 2. The van der Waals surface area contributed by atoms with Crippen molar-refractivity contribution in [2.24, 2.45) is 0 Å². The summed E-state index contributed by atoms with van der Waals surface area (Å²) in [5, 5.41) is 6.36. The Labute approximate surface area is 272 Å². The SMILES string of the molecule is C=CC=C.c1ccc(-c2cccc3c2sc2c3ccc3c2c2ccccc2n3-c2ccc3ccccc3n2)cc1.c1ccccc1. The van der Waals surface area contributed by atoms with Crippen LogP contribution in [0.4, 0.5) is 0 Å². The van der Waals surface area contributed by atoms with Gasteiger partial charge in [0.05, 0.1) is 16.6 Å². The van der Waals surface area contributed by atoms with Crippen LogP contribution in [0, 0.1) is 0 Å². The highest BCUT2D eigenvalue weighted by Crippen LogP contribution is 2.45. The molecular weight excluding hydrogens is 577 g/mol. The van der Waals surface area contributed by atoms with Gasteiger partial charge in [-0.15, -0.1) is 11.3 Å². The molecular formula is C43H32N2S. The van der Waals surface area contributed by atoms with Crippen LogP contribution in [-0.2, 0) is 0 Å². The Bertz CT molecular complexity index is 2420. The molecule has 0 bridgehead atoms. The average Bonchev–Trinajstić information content (AvgIpc) is 3.69. The van der Waals surface area contributed by atoms with E-state index in [0.717, 1.165) is 16.7 Å². The van der Waals surface area contributed by atoms with Gasteiger partial charge in [0, 0.05) is 36.3 Å². The number of nitrogens with zero attached hydrogens (tertiary/aromatic N) is 2. The normalized spacial score (nSPS) is 10.8. The van der Waals surface area contributed by atoms with Gasteiger partial charge in [0.15, 0.2) is 0 Å². The van der Waals surface area contributed by atoms with Crippen molar-refractivity contribution in [3.8, 4) is 16.9 Å². The third-order valence-corrected chi connectivity index (χ3v) is 9.30. The first-order chi connectivity index (χ1) is 22.8. The summed E-state index contributed by atoms with van der Waals surface area (Å²) in [5.74, 6) is 0.949. The highest BCUT2D eigenvalue weighted by molar-refractivity contribution is 7.27. The molecule has 0 aliphatic rings. The van der Waals surface area contributed by atoms with Crippen molar-refractivity contribution in [1.29, 1.82) is 0 Å². The quantitative estimate of drug-likeness (QED) is 0.182. The minimum atomic E-state index is 0.949. The Kier molecular flexibility index (Phi) is 8.23. The molecule has 9 rings (SSSR count). The highest BCUT2D eigenvalue weighted by atomic mass is 32.1. The lowest BCUT2D eigenvalue weighted by Crippen LogP contribution is -1.97. The second kappa shape index (κ2) is 13.1. The molecule has 0 saturated carbocycles. The standard InChI is InChI=1S/C33H20N2S.C6H6.C4H6/c1-2-9-21(10-3-1)23-13-8-14-24-25-18-19-29-31(33(25)36-32(23)24)26-12-5-7-16-28(26)35(29)30-20-17-22-11-4-6-15-27(22)34-30;1-2-4-6-5-3-1;1-3-4-2/h1-20H;1-6H;3-4H,1-2H2. The minimum Gasteiger partial charge on any atom is -0.294 e. The van der Waals surface area contributed by atoms with E-state index in [1.807, 2.05) is 47.7 Å². The third kappa shape index (κ3) is 5.38. The molecule has 0 unspecified atom stereocenters. The monoisotopic (exact) mass is 608 g/mol. The Morgan fingerprint density at radius 1 is 0.500 bits per heavy atom. The van der Waals surface area contributed by atoms with E-state index in [1.54, 1.807) is 12.2 Å². The van der Waals surface area contributed by atoms with E-state index < -0.39 is 0 Å². The van der Waals surface area contributed by atoms with Crippen LogP contribution in [0.3, 0.4) is 0 Å². The molecule has 0 aliphatic heterocycles. The van der Waals surface area contributed by atoms with E-state index in [-0.39, 0.29) is 0 Å². The Hall–Kier alpha value is -5.77. The molecule has 0 aliphatic carbocycles. The molecule has 0 spiro atoms. The fraction of sp³-hybridized carbons (Fsp3) is 0. The zero-order valence-electron chi connectivity index (χ0n) is 25.4. The maximum absolute atomic E-state index is 5.06. The molecule has 3 heteroatoms. The summed E-state index contributed by atoms with van der Waals surface area (Å²) in [6, 6.07) is 55.3. The Balaban J connectivity index is 0.000000294. The number of pyridine rings is 1. The summed E-state index contributed by atoms with van der Waals surface area (Å²) < 4.78 is 4.99. The van der Waals surface area contributed by atoms with E-state index in [4.69, 9.17) is 4.98 Å². The molecule has 220 valence electrons. The van der Waals surface area contributed by atoms with Crippen molar-refractivity contribution < 1.29 is 0 Å². The van der Waals surface area contributed by atoms with Gasteiger partial charge >= 0.3 is 0 Å². The summed E-state index contributed by atoms with van der Waals surface area (Å²) in [6.45, 7) is 6.72. The van der Waals surface area contributed by atoms with Gasteiger partial charge in [0.25, 0.3) is 0 Å². The largest absolute Gasteiger partial charge is 0.294 e. The Morgan fingerprint density at radius 2 is 1.13 bits per heavy atom. The van der Waals surface area contributed by atoms with Gasteiger partial charge in [-0.1, -0.05) is 153 Å². The summed E-state index contributed by atoms with van der Waals surface area (Å²) >= 11 is 1.90. The van der Waals surface area contributed by atoms with Gasteiger partial charge in [-0.2, -0.15) is 0 Å².